The third kappa shape index (κ3) is 5.04. The molecule has 0 aliphatic rings. The molecule has 98 valence electrons. The molecule has 1 aromatic rings. The van der Waals surface area contributed by atoms with Crippen molar-refractivity contribution in [1.82, 2.24) is 10.3 Å². The van der Waals surface area contributed by atoms with Crippen LogP contribution in [0.25, 0.3) is 0 Å². The largest absolute Gasteiger partial charge is 0.349 e. The molecule has 0 amide bonds. The van der Waals surface area contributed by atoms with E-state index >= 15 is 0 Å². The fraction of sp³-hybridized carbons (Fsp3) is 0.769. The van der Waals surface area contributed by atoms with Crippen LogP contribution in [0.1, 0.15) is 44.9 Å². The fourth-order valence-corrected chi connectivity index (χ4v) is 2.74. The van der Waals surface area contributed by atoms with E-state index in [4.69, 9.17) is 0 Å². The Bertz CT molecular complexity index is 295. The van der Waals surface area contributed by atoms with Crippen LogP contribution in [0.5, 0.6) is 0 Å². The molecule has 17 heavy (non-hydrogen) atoms. The lowest BCUT2D eigenvalue weighted by Crippen LogP contribution is -2.21. The number of unbranched alkanes of at least 4 members (excludes halogenated alkanes) is 2. The van der Waals surface area contributed by atoms with Gasteiger partial charge in [0.25, 0.3) is 0 Å². The second-order valence-corrected chi connectivity index (χ2v) is 5.26. The molecule has 0 radical (unpaired) electrons. The van der Waals surface area contributed by atoms with Gasteiger partial charge in [0.1, 0.15) is 0 Å². The third-order valence-electron chi connectivity index (χ3n) is 2.83. The average molecular weight is 255 g/mol. The Morgan fingerprint density at radius 1 is 1.24 bits per heavy atom. The molecule has 0 aromatic carbocycles. The van der Waals surface area contributed by atoms with Crippen LogP contribution >= 0.6 is 11.3 Å². The fourth-order valence-electron chi connectivity index (χ4n) is 1.73. The van der Waals surface area contributed by atoms with Gasteiger partial charge in [-0.3, -0.25) is 0 Å². The monoisotopic (exact) mass is 255 g/mol. The Balaban J connectivity index is 2.30. The first kappa shape index (κ1) is 14.5. The highest BCUT2D eigenvalue weighted by Crippen LogP contribution is 2.21. The van der Waals surface area contributed by atoms with Gasteiger partial charge in [-0.05, 0) is 26.8 Å². The minimum Gasteiger partial charge on any atom is -0.349 e. The minimum atomic E-state index is 0.961. The highest BCUT2D eigenvalue weighted by atomic mass is 32.1. The number of aromatic nitrogens is 1. The Labute approximate surface area is 109 Å². The van der Waals surface area contributed by atoms with Crippen LogP contribution in [0.15, 0.2) is 6.20 Å². The lowest BCUT2D eigenvalue weighted by Gasteiger charge is -2.16. The van der Waals surface area contributed by atoms with Gasteiger partial charge in [0, 0.05) is 30.7 Å². The Morgan fingerprint density at radius 3 is 2.65 bits per heavy atom. The lowest BCUT2D eigenvalue weighted by atomic mass is 10.2. The summed E-state index contributed by atoms with van der Waals surface area (Å²) in [5.74, 6) is 0. The number of thiazole rings is 1. The van der Waals surface area contributed by atoms with Crippen molar-refractivity contribution in [3.05, 3.63) is 11.1 Å². The van der Waals surface area contributed by atoms with Crippen molar-refractivity contribution in [2.75, 3.05) is 24.5 Å². The molecule has 1 heterocycles. The van der Waals surface area contributed by atoms with Crippen LogP contribution in [0.3, 0.4) is 0 Å². The topological polar surface area (TPSA) is 28.2 Å². The maximum absolute atomic E-state index is 4.48. The number of hydrogen-bond donors (Lipinski definition) is 1. The van der Waals surface area contributed by atoms with E-state index in [1.165, 1.54) is 24.1 Å². The lowest BCUT2D eigenvalue weighted by molar-refractivity contribution is 0.620. The molecular weight excluding hydrogens is 230 g/mol. The summed E-state index contributed by atoms with van der Waals surface area (Å²) in [7, 11) is 0. The van der Waals surface area contributed by atoms with E-state index in [0.717, 1.165) is 31.3 Å². The summed E-state index contributed by atoms with van der Waals surface area (Å²) in [6.07, 6.45) is 5.89. The number of anilines is 1. The summed E-state index contributed by atoms with van der Waals surface area (Å²) in [5.41, 5.74) is 0. The summed E-state index contributed by atoms with van der Waals surface area (Å²) in [6.45, 7) is 10.7. The van der Waals surface area contributed by atoms with Crippen LogP contribution in [0.4, 0.5) is 5.13 Å². The van der Waals surface area contributed by atoms with Gasteiger partial charge in [0.2, 0.25) is 0 Å². The predicted octanol–water partition coefficient (Wildman–Crippen LogP) is 3.27. The molecule has 0 fully saturated rings. The van der Waals surface area contributed by atoms with Gasteiger partial charge in [0.05, 0.1) is 0 Å². The van der Waals surface area contributed by atoms with Crippen LogP contribution in [-0.4, -0.2) is 24.6 Å². The molecule has 0 unspecified atom stereocenters. The molecule has 4 heteroatoms. The summed E-state index contributed by atoms with van der Waals surface area (Å²) in [4.78, 5) is 8.11. The molecule has 0 aliphatic heterocycles. The third-order valence-corrected chi connectivity index (χ3v) is 3.89. The van der Waals surface area contributed by atoms with Crippen LogP contribution < -0.4 is 10.2 Å². The van der Waals surface area contributed by atoms with Crippen LogP contribution in [0, 0.1) is 0 Å². The number of nitrogens with zero attached hydrogens (tertiary/aromatic N) is 2. The van der Waals surface area contributed by atoms with Crippen molar-refractivity contribution in [1.29, 1.82) is 0 Å². The van der Waals surface area contributed by atoms with Crippen molar-refractivity contribution in [2.45, 2.75) is 46.6 Å². The molecule has 0 saturated heterocycles. The summed E-state index contributed by atoms with van der Waals surface area (Å²) < 4.78 is 0. The zero-order chi connectivity index (χ0) is 12.5. The van der Waals surface area contributed by atoms with Crippen molar-refractivity contribution in [3.8, 4) is 0 Å². The van der Waals surface area contributed by atoms with E-state index in [-0.39, 0.29) is 0 Å². The second-order valence-electron chi connectivity index (χ2n) is 4.17. The smallest absolute Gasteiger partial charge is 0.185 e. The van der Waals surface area contributed by atoms with E-state index < -0.39 is 0 Å². The van der Waals surface area contributed by atoms with Gasteiger partial charge in [-0.25, -0.2) is 4.98 Å². The normalized spacial score (nSPS) is 10.8. The first-order valence-corrected chi connectivity index (χ1v) is 7.53. The van der Waals surface area contributed by atoms with Gasteiger partial charge in [-0.2, -0.15) is 0 Å². The van der Waals surface area contributed by atoms with Crippen molar-refractivity contribution >= 4 is 16.5 Å². The molecule has 1 rings (SSSR count). The Hall–Kier alpha value is -0.610. The maximum atomic E-state index is 4.48. The van der Waals surface area contributed by atoms with Crippen molar-refractivity contribution < 1.29 is 0 Å². The highest BCUT2D eigenvalue weighted by molar-refractivity contribution is 7.15. The standard InChI is InChI=1S/C13H25N3S/c1-4-7-8-9-14-10-12-11-15-13(17-12)16(5-2)6-3/h11,14H,4-10H2,1-3H3. The summed E-state index contributed by atoms with van der Waals surface area (Å²) in [5, 5.41) is 4.63. The van der Waals surface area contributed by atoms with E-state index in [0.29, 0.717) is 0 Å². The summed E-state index contributed by atoms with van der Waals surface area (Å²) >= 11 is 1.81. The SMILES string of the molecule is CCCCCNCc1cnc(N(CC)CC)s1. The number of nitrogens with one attached hydrogen (secondary N) is 1. The number of rotatable bonds is 9. The quantitative estimate of drug-likeness (QED) is 0.686. The zero-order valence-electron chi connectivity index (χ0n) is 11.3. The van der Waals surface area contributed by atoms with E-state index in [1.54, 1.807) is 11.3 Å². The van der Waals surface area contributed by atoms with E-state index in [9.17, 15) is 0 Å². The number of hydrogen-bond acceptors (Lipinski definition) is 4. The van der Waals surface area contributed by atoms with Gasteiger partial charge >= 0.3 is 0 Å². The molecule has 1 N–H and O–H groups in total. The van der Waals surface area contributed by atoms with E-state index in [1.807, 2.05) is 6.20 Å². The molecule has 0 atom stereocenters. The Morgan fingerprint density at radius 2 is 2.00 bits per heavy atom. The summed E-state index contributed by atoms with van der Waals surface area (Å²) in [6, 6.07) is 0. The molecule has 0 bridgehead atoms. The molecule has 0 saturated carbocycles. The first-order chi connectivity index (χ1) is 8.31. The van der Waals surface area contributed by atoms with E-state index in [2.05, 4.69) is 36.0 Å². The van der Waals surface area contributed by atoms with Crippen molar-refractivity contribution in [3.63, 3.8) is 0 Å². The molecular formula is C13H25N3S. The molecule has 1 aromatic heterocycles. The molecule has 3 nitrogen and oxygen atoms in total. The van der Waals surface area contributed by atoms with Crippen molar-refractivity contribution in [2.24, 2.45) is 0 Å². The molecule has 0 aliphatic carbocycles. The van der Waals surface area contributed by atoms with Gasteiger partial charge in [-0.1, -0.05) is 19.8 Å². The Kier molecular flexibility index (Phi) is 7.21. The average Bonchev–Trinajstić information content (AvgIpc) is 2.79. The van der Waals surface area contributed by atoms with Gasteiger partial charge in [-0.15, -0.1) is 11.3 Å². The highest BCUT2D eigenvalue weighted by Gasteiger charge is 2.06. The zero-order valence-corrected chi connectivity index (χ0v) is 12.1. The van der Waals surface area contributed by atoms with Gasteiger partial charge < -0.3 is 10.2 Å². The molecule has 0 spiro atoms. The minimum absolute atomic E-state index is 0.961. The van der Waals surface area contributed by atoms with Crippen LogP contribution in [-0.2, 0) is 6.54 Å². The predicted molar refractivity (Wildman–Crippen MR) is 76.9 cm³/mol. The first-order valence-electron chi connectivity index (χ1n) is 6.72. The maximum Gasteiger partial charge on any atom is 0.185 e. The van der Waals surface area contributed by atoms with Gasteiger partial charge in [0.15, 0.2) is 5.13 Å². The second kappa shape index (κ2) is 8.48. The van der Waals surface area contributed by atoms with Crippen LogP contribution in [0.2, 0.25) is 0 Å².